The van der Waals surface area contributed by atoms with Gasteiger partial charge in [-0.2, -0.15) is 0 Å². The molecular formula is C7H13NO2. The molecule has 1 unspecified atom stereocenters. The van der Waals surface area contributed by atoms with E-state index in [0.29, 0.717) is 6.54 Å². The fraction of sp³-hybridized carbons (Fsp3) is 0.571. The first-order valence-corrected chi connectivity index (χ1v) is 3.25. The molecule has 0 saturated carbocycles. The summed E-state index contributed by atoms with van der Waals surface area (Å²) in [6.45, 7) is 2.25. The Morgan fingerprint density at radius 1 is 1.80 bits per heavy atom. The van der Waals surface area contributed by atoms with Crippen LogP contribution < -0.4 is 5.73 Å². The summed E-state index contributed by atoms with van der Waals surface area (Å²) in [5.74, 6) is -0.809. The minimum atomic E-state index is -0.798. The molecule has 0 aromatic rings. The van der Waals surface area contributed by atoms with Crippen molar-refractivity contribution in [3.8, 4) is 0 Å². The van der Waals surface area contributed by atoms with Gasteiger partial charge in [0.15, 0.2) is 0 Å². The third-order valence-electron chi connectivity index (χ3n) is 1.20. The van der Waals surface area contributed by atoms with Crippen molar-refractivity contribution in [1.29, 1.82) is 0 Å². The van der Waals surface area contributed by atoms with Gasteiger partial charge in [-0.1, -0.05) is 12.2 Å². The number of carboxylic acids is 1. The van der Waals surface area contributed by atoms with Crippen LogP contribution in [-0.4, -0.2) is 17.6 Å². The van der Waals surface area contributed by atoms with Crippen LogP contribution in [0.1, 0.15) is 13.3 Å². The topological polar surface area (TPSA) is 63.3 Å². The van der Waals surface area contributed by atoms with Gasteiger partial charge >= 0.3 is 5.97 Å². The molecule has 0 aliphatic heterocycles. The third-order valence-corrected chi connectivity index (χ3v) is 1.20. The molecule has 3 N–H and O–H groups in total. The normalized spacial score (nSPS) is 13.8. The zero-order valence-corrected chi connectivity index (χ0v) is 6.08. The molecule has 0 bridgehead atoms. The maximum atomic E-state index is 10.2. The van der Waals surface area contributed by atoms with Crippen LogP contribution in [-0.2, 0) is 4.79 Å². The lowest BCUT2D eigenvalue weighted by Gasteiger charge is -2.04. The second-order valence-corrected chi connectivity index (χ2v) is 2.12. The molecule has 0 heterocycles. The standard InChI is InChI=1S/C7H13NO2/c1-2-3-6(5-8)4-7(9)10/h2-3,6H,4-5,8H2,1H3,(H,9,10)/b3-2+. The smallest absolute Gasteiger partial charge is 0.303 e. The van der Waals surface area contributed by atoms with Crippen molar-refractivity contribution in [2.75, 3.05) is 6.54 Å². The fourth-order valence-corrected chi connectivity index (χ4v) is 0.726. The number of carbonyl (C=O) groups is 1. The van der Waals surface area contributed by atoms with Gasteiger partial charge in [0.25, 0.3) is 0 Å². The lowest BCUT2D eigenvalue weighted by molar-refractivity contribution is -0.137. The van der Waals surface area contributed by atoms with E-state index < -0.39 is 5.97 Å². The van der Waals surface area contributed by atoms with Crippen LogP contribution in [0.15, 0.2) is 12.2 Å². The molecule has 3 nitrogen and oxygen atoms in total. The van der Waals surface area contributed by atoms with E-state index in [9.17, 15) is 4.79 Å². The SMILES string of the molecule is C/C=C/C(CN)CC(=O)O. The molecule has 0 radical (unpaired) electrons. The summed E-state index contributed by atoms with van der Waals surface area (Å²) in [7, 11) is 0. The number of hydrogen-bond donors (Lipinski definition) is 2. The van der Waals surface area contributed by atoms with Crippen molar-refractivity contribution in [2.45, 2.75) is 13.3 Å². The van der Waals surface area contributed by atoms with Crippen LogP contribution in [0.3, 0.4) is 0 Å². The summed E-state index contributed by atoms with van der Waals surface area (Å²) in [6, 6.07) is 0. The van der Waals surface area contributed by atoms with Crippen molar-refractivity contribution in [3.05, 3.63) is 12.2 Å². The Labute approximate surface area is 60.5 Å². The molecule has 0 aromatic heterocycles. The van der Waals surface area contributed by atoms with Crippen LogP contribution in [0.2, 0.25) is 0 Å². The number of allylic oxidation sites excluding steroid dienone is 1. The summed E-state index contributed by atoms with van der Waals surface area (Å²) in [6.07, 6.45) is 3.76. The Hall–Kier alpha value is -0.830. The predicted molar refractivity (Wildman–Crippen MR) is 39.6 cm³/mol. The highest BCUT2D eigenvalue weighted by Gasteiger charge is 2.06. The minimum absolute atomic E-state index is 0.0116. The molecule has 0 saturated heterocycles. The van der Waals surface area contributed by atoms with Gasteiger partial charge in [-0.15, -0.1) is 0 Å². The molecule has 0 aliphatic rings. The highest BCUT2D eigenvalue weighted by Crippen LogP contribution is 2.01. The Kier molecular flexibility index (Phi) is 4.58. The Morgan fingerprint density at radius 3 is 2.70 bits per heavy atom. The van der Waals surface area contributed by atoms with Crippen LogP contribution in [0, 0.1) is 5.92 Å². The summed E-state index contributed by atoms with van der Waals surface area (Å²) in [5, 5.41) is 8.35. The molecule has 10 heavy (non-hydrogen) atoms. The highest BCUT2D eigenvalue weighted by atomic mass is 16.4. The minimum Gasteiger partial charge on any atom is -0.481 e. The van der Waals surface area contributed by atoms with Crippen molar-refractivity contribution in [2.24, 2.45) is 11.7 Å². The lowest BCUT2D eigenvalue weighted by Crippen LogP contribution is -2.15. The Bertz CT molecular complexity index is 132. The predicted octanol–water partition coefficient (Wildman–Crippen LogP) is 0.612. The average molecular weight is 143 g/mol. The van der Waals surface area contributed by atoms with Crippen molar-refractivity contribution in [3.63, 3.8) is 0 Å². The molecule has 1 atom stereocenters. The molecule has 0 aromatic carbocycles. The number of nitrogens with two attached hydrogens (primary N) is 1. The van der Waals surface area contributed by atoms with E-state index in [4.69, 9.17) is 10.8 Å². The first-order chi connectivity index (χ1) is 4.70. The van der Waals surface area contributed by atoms with Gasteiger partial charge in [0.05, 0.1) is 6.42 Å². The molecular weight excluding hydrogens is 130 g/mol. The van der Waals surface area contributed by atoms with Gasteiger partial charge in [-0.05, 0) is 19.4 Å². The molecule has 0 amide bonds. The fourth-order valence-electron chi connectivity index (χ4n) is 0.726. The Morgan fingerprint density at radius 2 is 2.40 bits per heavy atom. The quantitative estimate of drug-likeness (QED) is 0.567. The third kappa shape index (κ3) is 4.09. The van der Waals surface area contributed by atoms with Crippen molar-refractivity contribution in [1.82, 2.24) is 0 Å². The first kappa shape index (κ1) is 9.17. The molecule has 0 fully saturated rings. The molecule has 0 spiro atoms. The first-order valence-electron chi connectivity index (χ1n) is 3.25. The number of aliphatic carboxylic acids is 1. The zero-order valence-electron chi connectivity index (χ0n) is 6.08. The average Bonchev–Trinajstić information content (AvgIpc) is 1.86. The van der Waals surface area contributed by atoms with E-state index in [1.807, 2.05) is 19.1 Å². The summed E-state index contributed by atoms with van der Waals surface area (Å²) in [5.41, 5.74) is 5.29. The second kappa shape index (κ2) is 4.99. The van der Waals surface area contributed by atoms with E-state index in [1.165, 1.54) is 0 Å². The Balaban J connectivity index is 3.71. The van der Waals surface area contributed by atoms with E-state index >= 15 is 0 Å². The monoisotopic (exact) mass is 143 g/mol. The van der Waals surface area contributed by atoms with Crippen LogP contribution >= 0.6 is 0 Å². The molecule has 0 aliphatic carbocycles. The summed E-state index contributed by atoms with van der Waals surface area (Å²) >= 11 is 0. The molecule has 3 heteroatoms. The zero-order chi connectivity index (χ0) is 7.98. The lowest BCUT2D eigenvalue weighted by atomic mass is 10.1. The number of rotatable bonds is 4. The van der Waals surface area contributed by atoms with E-state index in [1.54, 1.807) is 0 Å². The van der Waals surface area contributed by atoms with Crippen LogP contribution in [0.25, 0.3) is 0 Å². The van der Waals surface area contributed by atoms with Gasteiger partial charge in [-0.3, -0.25) is 4.79 Å². The van der Waals surface area contributed by atoms with Crippen molar-refractivity contribution >= 4 is 5.97 Å². The maximum Gasteiger partial charge on any atom is 0.303 e. The van der Waals surface area contributed by atoms with E-state index in [-0.39, 0.29) is 12.3 Å². The maximum absolute atomic E-state index is 10.2. The van der Waals surface area contributed by atoms with E-state index in [0.717, 1.165) is 0 Å². The van der Waals surface area contributed by atoms with Crippen LogP contribution in [0.5, 0.6) is 0 Å². The summed E-state index contributed by atoms with van der Waals surface area (Å²) in [4.78, 5) is 10.2. The van der Waals surface area contributed by atoms with Gasteiger partial charge < -0.3 is 10.8 Å². The van der Waals surface area contributed by atoms with Gasteiger partial charge in [0.2, 0.25) is 0 Å². The summed E-state index contributed by atoms with van der Waals surface area (Å²) < 4.78 is 0. The van der Waals surface area contributed by atoms with Crippen LogP contribution in [0.4, 0.5) is 0 Å². The molecule has 58 valence electrons. The highest BCUT2D eigenvalue weighted by molar-refractivity contribution is 5.67. The number of carboxylic acid groups (broad SMARTS) is 1. The van der Waals surface area contributed by atoms with Gasteiger partial charge in [0.1, 0.15) is 0 Å². The largest absolute Gasteiger partial charge is 0.481 e. The van der Waals surface area contributed by atoms with Gasteiger partial charge in [-0.25, -0.2) is 0 Å². The number of hydrogen-bond acceptors (Lipinski definition) is 2. The molecule has 0 rings (SSSR count). The van der Waals surface area contributed by atoms with Gasteiger partial charge in [0, 0.05) is 0 Å². The van der Waals surface area contributed by atoms with E-state index in [2.05, 4.69) is 0 Å². The van der Waals surface area contributed by atoms with Crippen molar-refractivity contribution < 1.29 is 9.90 Å². The second-order valence-electron chi connectivity index (χ2n) is 2.12.